The molecule has 0 saturated heterocycles. The minimum atomic E-state index is -0.123. The zero-order valence-electron chi connectivity index (χ0n) is 16.7. The molecule has 6 nitrogen and oxygen atoms in total. The van der Waals surface area contributed by atoms with Crippen LogP contribution in [0.5, 0.6) is 5.75 Å². The van der Waals surface area contributed by atoms with Gasteiger partial charge < -0.3 is 10.1 Å². The number of aromatic nitrogens is 3. The van der Waals surface area contributed by atoms with Gasteiger partial charge in [-0.25, -0.2) is 0 Å². The number of methoxy groups -OCH3 is 1. The molecule has 1 amide bonds. The highest BCUT2D eigenvalue weighted by molar-refractivity contribution is 9.10. The Kier molecular flexibility index (Phi) is 6.69. The second-order valence-electron chi connectivity index (χ2n) is 6.53. The van der Waals surface area contributed by atoms with Crippen molar-refractivity contribution in [1.29, 1.82) is 0 Å². The molecular weight excluding hydrogens is 476 g/mol. The SMILES string of the molecule is COc1cccc(-c2nnc(SCC(=O)Nc3ccccc3Br)n2-c2ccccc2)c1. The zero-order valence-corrected chi connectivity index (χ0v) is 19.1. The van der Waals surface area contributed by atoms with Gasteiger partial charge in [-0.3, -0.25) is 9.36 Å². The molecule has 0 spiro atoms. The largest absolute Gasteiger partial charge is 0.497 e. The van der Waals surface area contributed by atoms with Crippen molar-refractivity contribution in [2.75, 3.05) is 18.2 Å². The van der Waals surface area contributed by atoms with Crippen LogP contribution in [0.25, 0.3) is 17.1 Å². The van der Waals surface area contributed by atoms with Crippen LogP contribution in [0.1, 0.15) is 0 Å². The average molecular weight is 495 g/mol. The third-order valence-electron chi connectivity index (χ3n) is 4.46. The number of halogens is 1. The first-order valence-corrected chi connectivity index (χ1v) is 11.3. The monoisotopic (exact) mass is 494 g/mol. The van der Waals surface area contributed by atoms with E-state index in [1.54, 1.807) is 7.11 Å². The van der Waals surface area contributed by atoms with E-state index in [1.807, 2.05) is 83.4 Å². The number of carbonyl (C=O) groups is 1. The van der Waals surface area contributed by atoms with Crippen molar-refractivity contribution in [3.8, 4) is 22.8 Å². The fourth-order valence-corrected chi connectivity index (χ4v) is 4.14. The summed E-state index contributed by atoms with van der Waals surface area (Å²) in [7, 11) is 1.63. The lowest BCUT2D eigenvalue weighted by atomic mass is 10.2. The second kappa shape index (κ2) is 9.80. The van der Waals surface area contributed by atoms with E-state index in [1.165, 1.54) is 11.8 Å². The smallest absolute Gasteiger partial charge is 0.234 e. The van der Waals surface area contributed by atoms with E-state index in [0.717, 1.165) is 27.2 Å². The molecule has 4 rings (SSSR count). The van der Waals surface area contributed by atoms with Gasteiger partial charge in [0.2, 0.25) is 5.91 Å². The fourth-order valence-electron chi connectivity index (χ4n) is 3.00. The molecule has 0 aliphatic heterocycles. The van der Waals surface area contributed by atoms with E-state index >= 15 is 0 Å². The van der Waals surface area contributed by atoms with Crippen LogP contribution in [0.15, 0.2) is 88.5 Å². The highest BCUT2D eigenvalue weighted by Crippen LogP contribution is 2.30. The molecule has 0 atom stereocenters. The summed E-state index contributed by atoms with van der Waals surface area (Å²) in [4.78, 5) is 12.5. The van der Waals surface area contributed by atoms with E-state index in [-0.39, 0.29) is 11.7 Å². The van der Waals surface area contributed by atoms with E-state index < -0.39 is 0 Å². The van der Waals surface area contributed by atoms with Gasteiger partial charge in [-0.1, -0.05) is 54.2 Å². The first kappa shape index (κ1) is 21.1. The topological polar surface area (TPSA) is 69.0 Å². The molecule has 0 saturated carbocycles. The van der Waals surface area contributed by atoms with Crippen LogP contribution in [0.3, 0.4) is 0 Å². The maximum Gasteiger partial charge on any atom is 0.234 e. The second-order valence-corrected chi connectivity index (χ2v) is 8.32. The number of anilines is 1. The number of benzene rings is 3. The molecule has 4 aromatic rings. The summed E-state index contributed by atoms with van der Waals surface area (Å²) >= 11 is 4.78. The van der Waals surface area contributed by atoms with E-state index in [0.29, 0.717) is 11.0 Å². The molecule has 31 heavy (non-hydrogen) atoms. The number of para-hydroxylation sites is 2. The zero-order chi connectivity index (χ0) is 21.6. The Morgan fingerprint density at radius 3 is 2.58 bits per heavy atom. The number of hydrogen-bond acceptors (Lipinski definition) is 5. The summed E-state index contributed by atoms with van der Waals surface area (Å²) in [6.07, 6.45) is 0. The lowest BCUT2D eigenvalue weighted by Crippen LogP contribution is -2.15. The Bertz CT molecular complexity index is 1200. The Hall–Kier alpha value is -3.10. The number of thioether (sulfide) groups is 1. The van der Waals surface area contributed by atoms with Crippen LogP contribution >= 0.6 is 27.7 Å². The third kappa shape index (κ3) is 4.98. The van der Waals surface area contributed by atoms with Crippen molar-refractivity contribution in [2.24, 2.45) is 0 Å². The average Bonchev–Trinajstić information content (AvgIpc) is 3.24. The fraction of sp³-hybridized carbons (Fsp3) is 0.0870. The normalized spacial score (nSPS) is 10.6. The van der Waals surface area contributed by atoms with Crippen LogP contribution < -0.4 is 10.1 Å². The van der Waals surface area contributed by atoms with Crippen molar-refractivity contribution in [1.82, 2.24) is 14.8 Å². The van der Waals surface area contributed by atoms with Gasteiger partial charge in [-0.2, -0.15) is 0 Å². The van der Waals surface area contributed by atoms with E-state index in [9.17, 15) is 4.79 Å². The Balaban J connectivity index is 1.61. The lowest BCUT2D eigenvalue weighted by Gasteiger charge is -2.11. The predicted octanol–water partition coefficient (Wildman–Crippen LogP) is 5.44. The van der Waals surface area contributed by atoms with Gasteiger partial charge in [-0.15, -0.1) is 10.2 Å². The standard InChI is InChI=1S/C23H19BrN4O2S/c1-30-18-11-7-8-16(14-18)22-26-27-23(28(22)17-9-3-2-4-10-17)31-15-21(29)25-20-13-6-5-12-19(20)24/h2-14H,15H2,1H3,(H,25,29). The molecule has 3 aromatic carbocycles. The molecule has 0 radical (unpaired) electrons. The van der Waals surface area contributed by atoms with Crippen molar-refractivity contribution in [3.05, 3.63) is 83.3 Å². The number of ether oxygens (including phenoxy) is 1. The summed E-state index contributed by atoms with van der Waals surface area (Å²) in [6, 6.07) is 25.0. The summed E-state index contributed by atoms with van der Waals surface area (Å²) in [5.41, 5.74) is 2.52. The van der Waals surface area contributed by atoms with Crippen molar-refractivity contribution in [3.63, 3.8) is 0 Å². The number of amides is 1. The van der Waals surface area contributed by atoms with Gasteiger partial charge in [0.15, 0.2) is 11.0 Å². The van der Waals surface area contributed by atoms with Gasteiger partial charge in [0, 0.05) is 15.7 Å². The van der Waals surface area contributed by atoms with Gasteiger partial charge in [-0.05, 0) is 52.3 Å². The van der Waals surface area contributed by atoms with Crippen LogP contribution in [0.2, 0.25) is 0 Å². The molecule has 0 aliphatic rings. The van der Waals surface area contributed by atoms with E-state index in [4.69, 9.17) is 4.74 Å². The third-order valence-corrected chi connectivity index (χ3v) is 6.08. The lowest BCUT2D eigenvalue weighted by molar-refractivity contribution is -0.113. The minimum Gasteiger partial charge on any atom is -0.497 e. The first-order chi connectivity index (χ1) is 15.2. The Morgan fingerprint density at radius 2 is 1.81 bits per heavy atom. The highest BCUT2D eigenvalue weighted by atomic mass is 79.9. The Morgan fingerprint density at radius 1 is 1.03 bits per heavy atom. The maximum absolute atomic E-state index is 12.5. The molecular formula is C23H19BrN4O2S. The number of hydrogen-bond donors (Lipinski definition) is 1. The van der Waals surface area contributed by atoms with Crippen LogP contribution in [0.4, 0.5) is 5.69 Å². The van der Waals surface area contributed by atoms with Crippen molar-refractivity contribution >= 4 is 39.3 Å². The summed E-state index contributed by atoms with van der Waals surface area (Å²) in [5.74, 6) is 1.49. The summed E-state index contributed by atoms with van der Waals surface area (Å²) in [6.45, 7) is 0. The molecule has 0 aliphatic carbocycles. The number of nitrogens with zero attached hydrogens (tertiary/aromatic N) is 3. The molecule has 8 heteroatoms. The predicted molar refractivity (Wildman–Crippen MR) is 127 cm³/mol. The van der Waals surface area contributed by atoms with Gasteiger partial charge in [0.05, 0.1) is 18.6 Å². The summed E-state index contributed by atoms with van der Waals surface area (Å²) < 4.78 is 8.14. The first-order valence-electron chi connectivity index (χ1n) is 9.48. The molecule has 1 heterocycles. The Labute approximate surface area is 192 Å². The van der Waals surface area contributed by atoms with Crippen molar-refractivity contribution < 1.29 is 9.53 Å². The maximum atomic E-state index is 12.5. The van der Waals surface area contributed by atoms with Crippen LogP contribution in [-0.4, -0.2) is 33.5 Å². The molecule has 1 N–H and O–H groups in total. The van der Waals surface area contributed by atoms with Gasteiger partial charge in [0.25, 0.3) is 0 Å². The number of rotatable bonds is 7. The molecule has 0 bridgehead atoms. The number of nitrogens with one attached hydrogen (secondary N) is 1. The van der Waals surface area contributed by atoms with Gasteiger partial charge >= 0.3 is 0 Å². The minimum absolute atomic E-state index is 0.123. The molecule has 0 fully saturated rings. The number of carbonyl (C=O) groups excluding carboxylic acids is 1. The highest BCUT2D eigenvalue weighted by Gasteiger charge is 2.18. The van der Waals surface area contributed by atoms with Crippen LogP contribution in [0, 0.1) is 0 Å². The molecule has 156 valence electrons. The van der Waals surface area contributed by atoms with Crippen molar-refractivity contribution in [2.45, 2.75) is 5.16 Å². The van der Waals surface area contributed by atoms with Crippen LogP contribution in [-0.2, 0) is 4.79 Å². The molecule has 0 unspecified atom stereocenters. The van der Waals surface area contributed by atoms with Gasteiger partial charge in [0.1, 0.15) is 5.75 Å². The molecule has 1 aromatic heterocycles. The quantitative estimate of drug-likeness (QED) is 0.346. The van der Waals surface area contributed by atoms with E-state index in [2.05, 4.69) is 31.4 Å². The summed E-state index contributed by atoms with van der Waals surface area (Å²) in [5, 5.41) is 12.3.